The minimum Gasteiger partial charge on any atom is -0.370 e. The molecule has 0 unspecified atom stereocenters. The molecule has 2 heterocycles. The Labute approximate surface area is 139 Å². The lowest BCUT2D eigenvalue weighted by Crippen LogP contribution is -2.47. The molecule has 2 aromatic rings. The highest BCUT2D eigenvalue weighted by molar-refractivity contribution is 6.31. The fourth-order valence-corrected chi connectivity index (χ4v) is 2.79. The molecule has 23 heavy (non-hydrogen) atoms. The first kappa shape index (κ1) is 15.8. The summed E-state index contributed by atoms with van der Waals surface area (Å²) in [5.74, 6) is 0.722. The zero-order valence-electron chi connectivity index (χ0n) is 12.8. The molecule has 0 saturated carbocycles. The average Bonchev–Trinajstić information content (AvgIpc) is 2.98. The fourth-order valence-electron chi connectivity index (χ4n) is 2.54. The van der Waals surface area contributed by atoms with Crippen LogP contribution in [0.3, 0.4) is 0 Å². The van der Waals surface area contributed by atoms with Crippen molar-refractivity contribution in [1.29, 1.82) is 0 Å². The largest absolute Gasteiger partial charge is 0.370 e. The summed E-state index contributed by atoms with van der Waals surface area (Å²) in [7, 11) is 0. The number of ether oxygens (including phenoxy) is 1. The molecule has 1 saturated heterocycles. The molecule has 1 aromatic carbocycles. The number of morpholine rings is 1. The Morgan fingerprint density at radius 3 is 3.04 bits per heavy atom. The van der Waals surface area contributed by atoms with Gasteiger partial charge in [0.1, 0.15) is 17.6 Å². The average molecular weight is 336 g/mol. The third kappa shape index (κ3) is 3.83. The monoisotopic (exact) mass is 335 g/mol. The highest BCUT2D eigenvalue weighted by atomic mass is 35.5. The Balaban J connectivity index is 1.59. The van der Waals surface area contributed by atoms with Crippen LogP contribution in [-0.4, -0.2) is 35.8 Å². The number of benzene rings is 1. The van der Waals surface area contributed by atoms with E-state index in [9.17, 15) is 4.79 Å². The summed E-state index contributed by atoms with van der Waals surface area (Å²) in [6, 6.07) is 9.19. The first-order valence-electron chi connectivity index (χ1n) is 7.44. The predicted molar refractivity (Wildman–Crippen MR) is 85.2 cm³/mol. The van der Waals surface area contributed by atoms with Crippen LogP contribution in [0.15, 0.2) is 34.9 Å². The smallest absolute Gasteiger partial charge is 0.317 e. The zero-order valence-corrected chi connectivity index (χ0v) is 13.5. The van der Waals surface area contributed by atoms with Gasteiger partial charge in [-0.3, -0.25) is 0 Å². The first-order chi connectivity index (χ1) is 11.1. The van der Waals surface area contributed by atoms with Crippen molar-refractivity contribution in [1.82, 2.24) is 15.4 Å². The van der Waals surface area contributed by atoms with Gasteiger partial charge in [-0.05, 0) is 13.0 Å². The number of hydrogen-bond donors (Lipinski definition) is 1. The van der Waals surface area contributed by atoms with Gasteiger partial charge >= 0.3 is 6.03 Å². The third-order valence-corrected chi connectivity index (χ3v) is 4.05. The van der Waals surface area contributed by atoms with E-state index < -0.39 is 0 Å². The summed E-state index contributed by atoms with van der Waals surface area (Å²) in [5, 5.41) is 7.35. The molecule has 0 aliphatic carbocycles. The van der Waals surface area contributed by atoms with Gasteiger partial charge in [-0.1, -0.05) is 35.0 Å². The molecule has 1 aromatic heterocycles. The fraction of sp³-hybridized carbons (Fsp3) is 0.375. The van der Waals surface area contributed by atoms with Crippen molar-refractivity contribution in [3.8, 4) is 0 Å². The van der Waals surface area contributed by atoms with Crippen LogP contribution >= 0.6 is 11.6 Å². The van der Waals surface area contributed by atoms with Gasteiger partial charge in [0.05, 0.1) is 19.7 Å². The van der Waals surface area contributed by atoms with Crippen LogP contribution in [0.2, 0.25) is 5.02 Å². The number of halogens is 1. The molecule has 0 bridgehead atoms. The minimum atomic E-state index is -0.211. The second kappa shape index (κ2) is 7.02. The number of aryl methyl sites for hydroxylation is 1. The van der Waals surface area contributed by atoms with Gasteiger partial charge < -0.3 is 19.5 Å². The summed E-state index contributed by atoms with van der Waals surface area (Å²) in [6.45, 7) is 3.64. The van der Waals surface area contributed by atoms with E-state index in [4.69, 9.17) is 20.9 Å². The van der Waals surface area contributed by atoms with Crippen molar-refractivity contribution in [3.63, 3.8) is 0 Å². The lowest BCUT2D eigenvalue weighted by Gasteiger charge is -2.33. The SMILES string of the molecule is Cc1cc(CNC(=O)N2CCO[C@H](c3ccccc3Cl)C2)no1. The standard InChI is InChI=1S/C16H18ClN3O3/c1-11-8-12(19-23-11)9-18-16(21)20-6-7-22-15(10-20)13-4-2-3-5-14(13)17/h2-5,8,15H,6-7,9-10H2,1H3,(H,18,21)/t15-/m0/s1. The van der Waals surface area contributed by atoms with E-state index in [1.807, 2.05) is 31.2 Å². The number of urea groups is 1. The summed E-state index contributed by atoms with van der Waals surface area (Å²) >= 11 is 6.21. The van der Waals surface area contributed by atoms with Crippen molar-refractivity contribution >= 4 is 17.6 Å². The Morgan fingerprint density at radius 1 is 1.48 bits per heavy atom. The molecule has 7 heteroatoms. The normalized spacial score (nSPS) is 18.0. The Hall–Kier alpha value is -2.05. The number of nitrogens with one attached hydrogen (secondary N) is 1. The molecule has 1 atom stereocenters. The lowest BCUT2D eigenvalue weighted by molar-refractivity contribution is -0.0154. The van der Waals surface area contributed by atoms with Crippen LogP contribution in [0.5, 0.6) is 0 Å². The van der Waals surface area contributed by atoms with E-state index in [1.54, 1.807) is 11.0 Å². The Kier molecular flexibility index (Phi) is 4.83. The van der Waals surface area contributed by atoms with Gasteiger partial charge in [0.15, 0.2) is 0 Å². The molecule has 122 valence electrons. The van der Waals surface area contributed by atoms with E-state index in [2.05, 4.69) is 10.5 Å². The zero-order chi connectivity index (χ0) is 16.2. The van der Waals surface area contributed by atoms with Gasteiger partial charge in [0.25, 0.3) is 0 Å². The number of carbonyl (C=O) groups excluding carboxylic acids is 1. The molecular weight excluding hydrogens is 318 g/mol. The van der Waals surface area contributed by atoms with Gasteiger partial charge in [-0.2, -0.15) is 0 Å². The number of carbonyl (C=O) groups is 1. The second-order valence-electron chi connectivity index (χ2n) is 5.41. The van der Waals surface area contributed by atoms with E-state index >= 15 is 0 Å². The summed E-state index contributed by atoms with van der Waals surface area (Å²) in [6.07, 6.45) is -0.211. The van der Waals surface area contributed by atoms with Crippen LogP contribution in [0.4, 0.5) is 4.79 Å². The van der Waals surface area contributed by atoms with Gasteiger partial charge in [0.2, 0.25) is 0 Å². The van der Waals surface area contributed by atoms with Gasteiger partial charge in [0, 0.05) is 23.2 Å². The number of amides is 2. The summed E-state index contributed by atoms with van der Waals surface area (Å²) in [4.78, 5) is 14.0. The Bertz CT molecular complexity index is 689. The number of aromatic nitrogens is 1. The topological polar surface area (TPSA) is 67.6 Å². The molecule has 6 nitrogen and oxygen atoms in total. The molecule has 1 fully saturated rings. The second-order valence-corrected chi connectivity index (χ2v) is 5.82. The minimum absolute atomic E-state index is 0.147. The third-order valence-electron chi connectivity index (χ3n) is 3.70. The van der Waals surface area contributed by atoms with E-state index in [1.165, 1.54) is 0 Å². The van der Waals surface area contributed by atoms with Gasteiger partial charge in [-0.25, -0.2) is 4.79 Å². The van der Waals surface area contributed by atoms with Crippen molar-refractivity contribution in [2.24, 2.45) is 0 Å². The van der Waals surface area contributed by atoms with E-state index in [0.29, 0.717) is 37.0 Å². The molecule has 0 radical (unpaired) electrons. The van der Waals surface area contributed by atoms with Crippen LogP contribution < -0.4 is 5.32 Å². The van der Waals surface area contributed by atoms with Crippen LogP contribution in [0.25, 0.3) is 0 Å². The maximum atomic E-state index is 12.3. The highest BCUT2D eigenvalue weighted by Crippen LogP contribution is 2.28. The maximum absolute atomic E-state index is 12.3. The number of nitrogens with zero attached hydrogens (tertiary/aromatic N) is 2. The van der Waals surface area contributed by atoms with Crippen molar-refractivity contribution in [2.45, 2.75) is 19.6 Å². The van der Waals surface area contributed by atoms with Crippen molar-refractivity contribution in [3.05, 3.63) is 52.4 Å². The number of rotatable bonds is 3. The quantitative estimate of drug-likeness (QED) is 0.936. The molecule has 0 spiro atoms. The lowest BCUT2D eigenvalue weighted by atomic mass is 10.1. The van der Waals surface area contributed by atoms with Crippen LogP contribution in [0, 0.1) is 6.92 Å². The summed E-state index contributed by atoms with van der Waals surface area (Å²) < 4.78 is 10.7. The first-order valence-corrected chi connectivity index (χ1v) is 7.82. The predicted octanol–water partition coefficient (Wildman–Crippen LogP) is 2.92. The maximum Gasteiger partial charge on any atom is 0.317 e. The van der Waals surface area contributed by atoms with Crippen molar-refractivity contribution < 1.29 is 14.1 Å². The molecule has 2 amide bonds. The molecule has 3 rings (SSSR count). The Morgan fingerprint density at radius 2 is 2.30 bits per heavy atom. The van der Waals surface area contributed by atoms with E-state index in [0.717, 1.165) is 11.3 Å². The molecule has 1 aliphatic rings. The van der Waals surface area contributed by atoms with E-state index in [-0.39, 0.29) is 12.1 Å². The number of hydrogen-bond acceptors (Lipinski definition) is 4. The van der Waals surface area contributed by atoms with Crippen molar-refractivity contribution in [2.75, 3.05) is 19.7 Å². The summed E-state index contributed by atoms with van der Waals surface area (Å²) in [5.41, 5.74) is 1.60. The van der Waals surface area contributed by atoms with Gasteiger partial charge in [-0.15, -0.1) is 0 Å². The molecular formula is C16H18ClN3O3. The van der Waals surface area contributed by atoms with Crippen LogP contribution in [-0.2, 0) is 11.3 Å². The highest BCUT2D eigenvalue weighted by Gasteiger charge is 2.26. The van der Waals surface area contributed by atoms with Crippen LogP contribution in [0.1, 0.15) is 23.1 Å². The molecule has 1 N–H and O–H groups in total. The molecule has 1 aliphatic heterocycles.